The molecule has 0 fully saturated rings. The largest absolute Gasteiger partial charge is 0.497 e. The van der Waals surface area contributed by atoms with Gasteiger partial charge in [-0.1, -0.05) is 62.4 Å². The van der Waals surface area contributed by atoms with Gasteiger partial charge in [-0.05, 0) is 59.9 Å². The molecule has 0 unspecified atom stereocenters. The molecule has 0 atom stereocenters. The predicted molar refractivity (Wildman–Crippen MR) is 132 cm³/mol. The van der Waals surface area contributed by atoms with Gasteiger partial charge in [-0.2, -0.15) is 0 Å². The lowest BCUT2D eigenvalue weighted by molar-refractivity contribution is 0.298. The average Bonchev–Trinajstić information content (AvgIpc) is 3.18. The van der Waals surface area contributed by atoms with E-state index in [1.54, 1.807) is 7.11 Å². The van der Waals surface area contributed by atoms with Crippen LogP contribution in [0.3, 0.4) is 0 Å². The first kappa shape index (κ1) is 21.7. The molecule has 0 aliphatic heterocycles. The van der Waals surface area contributed by atoms with Crippen molar-refractivity contribution >= 4 is 23.2 Å². The van der Waals surface area contributed by atoms with Crippen molar-refractivity contribution in [3.05, 3.63) is 89.7 Å². The number of hydrogen-bond donors (Lipinski definition) is 0. The van der Waals surface area contributed by atoms with Crippen molar-refractivity contribution in [3.63, 3.8) is 0 Å². The SMILES string of the molecule is COc1ccc(/C=C/c2nc3ccccc3n2CCCOc2ccccc2C(C)C)cc1. The van der Waals surface area contributed by atoms with Gasteiger partial charge in [0, 0.05) is 6.54 Å². The molecule has 0 aliphatic carbocycles. The lowest BCUT2D eigenvalue weighted by atomic mass is 10.0. The van der Waals surface area contributed by atoms with E-state index >= 15 is 0 Å². The molecule has 0 spiro atoms. The number of methoxy groups -OCH3 is 1. The minimum absolute atomic E-state index is 0.443. The van der Waals surface area contributed by atoms with Crippen LogP contribution in [0.25, 0.3) is 23.2 Å². The number of fused-ring (bicyclic) bond motifs is 1. The van der Waals surface area contributed by atoms with E-state index in [1.807, 2.05) is 36.4 Å². The van der Waals surface area contributed by atoms with Crippen molar-refractivity contribution in [3.8, 4) is 11.5 Å². The fourth-order valence-electron chi connectivity index (χ4n) is 3.84. The van der Waals surface area contributed by atoms with Crippen molar-refractivity contribution < 1.29 is 9.47 Å². The van der Waals surface area contributed by atoms with E-state index in [1.165, 1.54) is 5.56 Å². The van der Waals surface area contributed by atoms with E-state index in [2.05, 4.69) is 67.0 Å². The lowest BCUT2D eigenvalue weighted by Gasteiger charge is -2.14. The Morgan fingerprint density at radius 2 is 1.66 bits per heavy atom. The average molecular weight is 427 g/mol. The fraction of sp³-hybridized carbons (Fsp3) is 0.250. The van der Waals surface area contributed by atoms with Crippen LogP contribution in [-0.2, 0) is 6.54 Å². The maximum atomic E-state index is 6.14. The molecule has 0 aliphatic rings. The number of ether oxygens (including phenoxy) is 2. The van der Waals surface area contributed by atoms with E-state index in [4.69, 9.17) is 14.5 Å². The summed E-state index contributed by atoms with van der Waals surface area (Å²) in [6, 6.07) is 24.6. The highest BCUT2D eigenvalue weighted by Crippen LogP contribution is 2.26. The first-order valence-corrected chi connectivity index (χ1v) is 11.1. The molecule has 0 radical (unpaired) electrons. The summed E-state index contributed by atoms with van der Waals surface area (Å²) in [6.45, 7) is 5.90. The second-order valence-electron chi connectivity index (χ2n) is 8.11. The van der Waals surface area contributed by atoms with Crippen LogP contribution in [0, 0.1) is 0 Å². The normalized spacial score (nSPS) is 11.5. The molecular formula is C28H30N2O2. The minimum Gasteiger partial charge on any atom is -0.497 e. The molecule has 0 N–H and O–H groups in total. The topological polar surface area (TPSA) is 36.3 Å². The Hall–Kier alpha value is -3.53. The van der Waals surface area contributed by atoms with Crippen LogP contribution in [0.1, 0.15) is 43.1 Å². The molecule has 4 nitrogen and oxygen atoms in total. The fourth-order valence-corrected chi connectivity index (χ4v) is 3.84. The van der Waals surface area contributed by atoms with E-state index in [0.29, 0.717) is 12.5 Å². The number of nitrogens with zero attached hydrogens (tertiary/aromatic N) is 2. The third-order valence-corrected chi connectivity index (χ3v) is 5.55. The number of aromatic nitrogens is 2. The highest BCUT2D eigenvalue weighted by atomic mass is 16.5. The van der Waals surface area contributed by atoms with Crippen LogP contribution in [-0.4, -0.2) is 23.3 Å². The van der Waals surface area contributed by atoms with Gasteiger partial charge < -0.3 is 14.0 Å². The molecule has 1 heterocycles. The second kappa shape index (κ2) is 10.2. The number of aryl methyl sites for hydroxylation is 1. The van der Waals surface area contributed by atoms with Crippen molar-refractivity contribution in [1.29, 1.82) is 0 Å². The highest BCUT2D eigenvalue weighted by molar-refractivity contribution is 5.79. The Morgan fingerprint density at radius 3 is 2.44 bits per heavy atom. The molecule has 32 heavy (non-hydrogen) atoms. The Kier molecular flexibility index (Phi) is 6.90. The van der Waals surface area contributed by atoms with E-state index in [9.17, 15) is 0 Å². The van der Waals surface area contributed by atoms with Gasteiger partial charge in [0.25, 0.3) is 0 Å². The molecule has 4 heteroatoms. The zero-order valence-corrected chi connectivity index (χ0v) is 19.0. The third-order valence-electron chi connectivity index (χ3n) is 5.55. The summed E-state index contributed by atoms with van der Waals surface area (Å²) in [5.41, 5.74) is 4.51. The van der Waals surface area contributed by atoms with Gasteiger partial charge in [-0.25, -0.2) is 4.98 Å². The summed E-state index contributed by atoms with van der Waals surface area (Å²) in [6.07, 6.45) is 5.07. The maximum Gasteiger partial charge on any atom is 0.133 e. The Morgan fingerprint density at radius 1 is 0.906 bits per heavy atom. The van der Waals surface area contributed by atoms with E-state index in [-0.39, 0.29) is 0 Å². The van der Waals surface area contributed by atoms with Crippen LogP contribution in [0.2, 0.25) is 0 Å². The predicted octanol–water partition coefficient (Wildman–Crippen LogP) is 6.81. The van der Waals surface area contributed by atoms with Crippen LogP contribution < -0.4 is 9.47 Å². The van der Waals surface area contributed by atoms with Crippen LogP contribution in [0.5, 0.6) is 11.5 Å². The van der Waals surface area contributed by atoms with Gasteiger partial charge in [0.2, 0.25) is 0 Å². The standard InChI is InChI=1S/C28H30N2O2/c1-21(2)24-9-4-7-12-27(24)32-20-8-19-30-26-11-6-5-10-25(26)29-28(30)18-15-22-13-16-23(31-3)17-14-22/h4-7,9-18,21H,8,19-20H2,1-3H3/b18-15+. The molecule has 0 saturated heterocycles. The van der Waals surface area contributed by atoms with Gasteiger partial charge in [0.05, 0.1) is 24.8 Å². The summed E-state index contributed by atoms with van der Waals surface area (Å²) in [4.78, 5) is 4.85. The zero-order chi connectivity index (χ0) is 22.3. The quantitative estimate of drug-likeness (QED) is 0.276. The highest BCUT2D eigenvalue weighted by Gasteiger charge is 2.09. The molecule has 164 valence electrons. The number of imidazole rings is 1. The van der Waals surface area contributed by atoms with Crippen molar-refractivity contribution in [2.24, 2.45) is 0 Å². The van der Waals surface area contributed by atoms with Crippen LogP contribution >= 0.6 is 0 Å². The number of hydrogen-bond acceptors (Lipinski definition) is 3. The Labute approximate surface area is 190 Å². The molecule has 4 aromatic rings. The zero-order valence-electron chi connectivity index (χ0n) is 19.0. The van der Waals surface area contributed by atoms with Crippen LogP contribution in [0.4, 0.5) is 0 Å². The summed E-state index contributed by atoms with van der Waals surface area (Å²) < 4.78 is 13.7. The van der Waals surface area contributed by atoms with E-state index < -0.39 is 0 Å². The summed E-state index contributed by atoms with van der Waals surface area (Å²) in [5, 5.41) is 0. The van der Waals surface area contributed by atoms with E-state index in [0.717, 1.165) is 46.9 Å². The van der Waals surface area contributed by atoms with Crippen LogP contribution in [0.15, 0.2) is 72.8 Å². The number of rotatable bonds is 9. The first-order chi connectivity index (χ1) is 15.7. The van der Waals surface area contributed by atoms with Crippen molar-refractivity contribution in [2.45, 2.75) is 32.7 Å². The molecule has 0 saturated carbocycles. The lowest BCUT2D eigenvalue weighted by Crippen LogP contribution is -2.07. The monoisotopic (exact) mass is 426 g/mol. The minimum atomic E-state index is 0.443. The molecule has 3 aromatic carbocycles. The van der Waals surface area contributed by atoms with Crippen molar-refractivity contribution in [2.75, 3.05) is 13.7 Å². The molecule has 4 rings (SSSR count). The van der Waals surface area contributed by atoms with Gasteiger partial charge in [0.15, 0.2) is 0 Å². The Balaban J connectivity index is 1.48. The molecule has 1 aromatic heterocycles. The van der Waals surface area contributed by atoms with Gasteiger partial charge >= 0.3 is 0 Å². The Bertz CT molecular complexity index is 1190. The van der Waals surface area contributed by atoms with Gasteiger partial charge in [-0.3, -0.25) is 0 Å². The number of para-hydroxylation sites is 3. The first-order valence-electron chi connectivity index (χ1n) is 11.1. The second-order valence-corrected chi connectivity index (χ2v) is 8.11. The third kappa shape index (κ3) is 5.02. The number of benzene rings is 3. The molecule has 0 bridgehead atoms. The molecule has 0 amide bonds. The molecular weight excluding hydrogens is 396 g/mol. The van der Waals surface area contributed by atoms with Gasteiger partial charge in [0.1, 0.15) is 17.3 Å². The summed E-state index contributed by atoms with van der Waals surface area (Å²) in [5.74, 6) is 3.23. The van der Waals surface area contributed by atoms with Gasteiger partial charge in [-0.15, -0.1) is 0 Å². The van der Waals surface area contributed by atoms with Crippen molar-refractivity contribution in [1.82, 2.24) is 9.55 Å². The summed E-state index contributed by atoms with van der Waals surface area (Å²) >= 11 is 0. The maximum absolute atomic E-state index is 6.14. The smallest absolute Gasteiger partial charge is 0.133 e. The summed E-state index contributed by atoms with van der Waals surface area (Å²) in [7, 11) is 1.68.